The fraction of sp³-hybridized carbons (Fsp3) is 0.818. The van der Waals surface area contributed by atoms with Crippen molar-refractivity contribution >= 4 is 11.9 Å². The van der Waals surface area contributed by atoms with Gasteiger partial charge in [-0.2, -0.15) is 0 Å². The van der Waals surface area contributed by atoms with Crippen molar-refractivity contribution in [1.82, 2.24) is 15.5 Å². The molecular formula is C11H24N4O2. The van der Waals surface area contributed by atoms with Crippen molar-refractivity contribution in [3.8, 4) is 0 Å². The molecule has 0 aliphatic heterocycles. The number of rotatable bonds is 6. The van der Waals surface area contributed by atoms with Gasteiger partial charge >= 0.3 is 6.03 Å². The Bertz CT molecular complexity index is 264. The van der Waals surface area contributed by atoms with Crippen molar-refractivity contribution in [2.24, 2.45) is 5.73 Å². The molecule has 0 aromatic heterocycles. The van der Waals surface area contributed by atoms with Crippen LogP contribution in [0.5, 0.6) is 0 Å². The summed E-state index contributed by atoms with van der Waals surface area (Å²) in [5.74, 6) is -0.182. The predicted octanol–water partition coefficient (Wildman–Crippen LogP) is -0.109. The number of nitrogens with two attached hydrogens (primary N) is 1. The second-order valence-electron chi connectivity index (χ2n) is 4.55. The Hall–Kier alpha value is -1.30. The van der Waals surface area contributed by atoms with Crippen molar-refractivity contribution in [1.29, 1.82) is 0 Å². The van der Waals surface area contributed by atoms with E-state index < -0.39 is 5.54 Å². The summed E-state index contributed by atoms with van der Waals surface area (Å²) in [7, 11) is 3.32. The highest BCUT2D eigenvalue weighted by Gasteiger charge is 2.26. The molecule has 0 fully saturated rings. The number of carbonyl (C=O) groups is 2. The maximum absolute atomic E-state index is 11.7. The van der Waals surface area contributed by atoms with Gasteiger partial charge in [0.05, 0.1) is 5.54 Å². The van der Waals surface area contributed by atoms with Gasteiger partial charge in [0.2, 0.25) is 5.91 Å². The molecule has 1 unspecified atom stereocenters. The monoisotopic (exact) mass is 244 g/mol. The molecule has 100 valence electrons. The molecule has 0 aromatic rings. The molecular weight excluding hydrogens is 220 g/mol. The number of amides is 3. The highest BCUT2D eigenvalue weighted by atomic mass is 16.2. The van der Waals surface area contributed by atoms with Crippen molar-refractivity contribution in [3.63, 3.8) is 0 Å². The Labute approximate surface area is 103 Å². The summed E-state index contributed by atoms with van der Waals surface area (Å²) in [5.41, 5.74) is 5.02. The van der Waals surface area contributed by atoms with Crippen LogP contribution in [0.25, 0.3) is 0 Å². The van der Waals surface area contributed by atoms with Crippen molar-refractivity contribution in [3.05, 3.63) is 0 Å². The Morgan fingerprint density at radius 3 is 2.24 bits per heavy atom. The minimum Gasteiger partial charge on any atom is -0.353 e. The standard InChI is InChI=1S/C11H24N4O2/c1-5-6-11(2,12)9(16)13-7-8-14-10(17)15(3)4/h5-8,12H2,1-4H3,(H,13,16)(H,14,17). The minimum atomic E-state index is -0.833. The summed E-state index contributed by atoms with van der Waals surface area (Å²) in [6.07, 6.45) is 1.50. The van der Waals surface area contributed by atoms with Gasteiger partial charge in [-0.05, 0) is 13.3 Å². The Morgan fingerprint density at radius 1 is 1.24 bits per heavy atom. The van der Waals surface area contributed by atoms with E-state index in [-0.39, 0.29) is 11.9 Å². The van der Waals surface area contributed by atoms with E-state index in [9.17, 15) is 9.59 Å². The van der Waals surface area contributed by atoms with E-state index in [2.05, 4.69) is 10.6 Å². The van der Waals surface area contributed by atoms with Crippen LogP contribution >= 0.6 is 0 Å². The second-order valence-corrected chi connectivity index (χ2v) is 4.55. The van der Waals surface area contributed by atoms with Gasteiger partial charge in [-0.3, -0.25) is 4.79 Å². The van der Waals surface area contributed by atoms with E-state index in [1.807, 2.05) is 6.92 Å². The number of hydrogen-bond donors (Lipinski definition) is 3. The number of nitrogens with zero attached hydrogens (tertiary/aromatic N) is 1. The summed E-state index contributed by atoms with van der Waals surface area (Å²) in [5, 5.41) is 5.36. The van der Waals surface area contributed by atoms with Gasteiger partial charge in [0.15, 0.2) is 0 Å². The molecule has 0 rings (SSSR count). The van der Waals surface area contributed by atoms with Crippen LogP contribution in [0.4, 0.5) is 4.79 Å². The molecule has 0 aliphatic rings. The lowest BCUT2D eigenvalue weighted by Gasteiger charge is -2.23. The molecule has 17 heavy (non-hydrogen) atoms. The van der Waals surface area contributed by atoms with Crippen LogP contribution in [0.1, 0.15) is 26.7 Å². The van der Waals surface area contributed by atoms with Crippen LogP contribution in [0.15, 0.2) is 0 Å². The van der Waals surface area contributed by atoms with E-state index in [0.29, 0.717) is 19.5 Å². The normalized spacial score (nSPS) is 13.7. The topological polar surface area (TPSA) is 87.5 Å². The predicted molar refractivity (Wildman–Crippen MR) is 67.6 cm³/mol. The van der Waals surface area contributed by atoms with Crippen LogP contribution < -0.4 is 16.4 Å². The maximum atomic E-state index is 11.7. The van der Waals surface area contributed by atoms with E-state index in [0.717, 1.165) is 6.42 Å². The minimum absolute atomic E-state index is 0.177. The first-order valence-corrected chi connectivity index (χ1v) is 5.83. The largest absolute Gasteiger partial charge is 0.353 e. The molecule has 3 amide bonds. The molecule has 4 N–H and O–H groups in total. The fourth-order valence-corrected chi connectivity index (χ4v) is 1.34. The van der Waals surface area contributed by atoms with E-state index >= 15 is 0 Å². The van der Waals surface area contributed by atoms with E-state index in [4.69, 9.17) is 5.73 Å². The highest BCUT2D eigenvalue weighted by Crippen LogP contribution is 2.07. The molecule has 6 heteroatoms. The van der Waals surface area contributed by atoms with Gasteiger partial charge in [0, 0.05) is 27.2 Å². The van der Waals surface area contributed by atoms with Crippen LogP contribution in [0.2, 0.25) is 0 Å². The molecule has 6 nitrogen and oxygen atoms in total. The fourth-order valence-electron chi connectivity index (χ4n) is 1.34. The molecule has 0 spiro atoms. The van der Waals surface area contributed by atoms with E-state index in [1.165, 1.54) is 4.90 Å². The molecule has 0 aliphatic carbocycles. The first-order chi connectivity index (χ1) is 7.81. The van der Waals surface area contributed by atoms with Gasteiger partial charge in [-0.25, -0.2) is 4.79 Å². The first-order valence-electron chi connectivity index (χ1n) is 5.83. The lowest BCUT2D eigenvalue weighted by molar-refractivity contribution is -0.126. The smallest absolute Gasteiger partial charge is 0.316 e. The van der Waals surface area contributed by atoms with Crippen molar-refractivity contribution < 1.29 is 9.59 Å². The summed E-state index contributed by atoms with van der Waals surface area (Å²) >= 11 is 0. The van der Waals surface area contributed by atoms with Crippen LogP contribution in [0, 0.1) is 0 Å². The van der Waals surface area contributed by atoms with Crippen molar-refractivity contribution in [2.45, 2.75) is 32.2 Å². The second kappa shape index (κ2) is 7.11. The van der Waals surface area contributed by atoms with Crippen LogP contribution in [0.3, 0.4) is 0 Å². The van der Waals surface area contributed by atoms with Gasteiger partial charge in [-0.15, -0.1) is 0 Å². The maximum Gasteiger partial charge on any atom is 0.316 e. The lowest BCUT2D eigenvalue weighted by atomic mass is 9.97. The molecule has 1 atom stereocenters. The van der Waals surface area contributed by atoms with Gasteiger partial charge in [0.1, 0.15) is 0 Å². The van der Waals surface area contributed by atoms with Gasteiger partial charge < -0.3 is 21.3 Å². The zero-order valence-corrected chi connectivity index (χ0v) is 11.2. The molecule has 0 heterocycles. The zero-order valence-electron chi connectivity index (χ0n) is 11.2. The third kappa shape index (κ3) is 6.11. The number of hydrogen-bond acceptors (Lipinski definition) is 3. The van der Waals surface area contributed by atoms with Gasteiger partial charge in [-0.1, -0.05) is 13.3 Å². The first kappa shape index (κ1) is 15.7. The molecule has 0 radical (unpaired) electrons. The molecule has 0 aromatic carbocycles. The van der Waals surface area contributed by atoms with E-state index in [1.54, 1.807) is 21.0 Å². The summed E-state index contributed by atoms with van der Waals surface area (Å²) in [4.78, 5) is 24.3. The summed E-state index contributed by atoms with van der Waals surface area (Å²) < 4.78 is 0. The Kier molecular flexibility index (Phi) is 6.57. The quantitative estimate of drug-likeness (QED) is 0.570. The third-order valence-corrected chi connectivity index (χ3v) is 2.38. The third-order valence-electron chi connectivity index (χ3n) is 2.38. The average molecular weight is 244 g/mol. The Balaban J connectivity index is 3.82. The SMILES string of the molecule is CCCC(C)(N)C(=O)NCCNC(=O)N(C)C. The highest BCUT2D eigenvalue weighted by molar-refractivity contribution is 5.85. The molecule has 0 saturated carbocycles. The van der Waals surface area contributed by atoms with Crippen LogP contribution in [-0.2, 0) is 4.79 Å². The number of nitrogens with one attached hydrogen (secondary N) is 2. The molecule has 0 saturated heterocycles. The Morgan fingerprint density at radius 2 is 1.76 bits per heavy atom. The zero-order chi connectivity index (χ0) is 13.5. The van der Waals surface area contributed by atoms with Crippen LogP contribution in [-0.4, -0.2) is 49.6 Å². The summed E-state index contributed by atoms with van der Waals surface area (Å²) in [6, 6.07) is -0.177. The number of carbonyl (C=O) groups excluding carboxylic acids is 2. The van der Waals surface area contributed by atoms with Crippen molar-refractivity contribution in [2.75, 3.05) is 27.2 Å². The van der Waals surface area contributed by atoms with Gasteiger partial charge in [0.25, 0.3) is 0 Å². The number of urea groups is 1. The molecule has 0 bridgehead atoms. The average Bonchev–Trinajstić information content (AvgIpc) is 2.23. The summed E-state index contributed by atoms with van der Waals surface area (Å²) in [6.45, 7) is 4.47. The lowest BCUT2D eigenvalue weighted by Crippen LogP contribution is -2.52.